The number of carbonyl (C=O) groups is 2. The summed E-state index contributed by atoms with van der Waals surface area (Å²) in [5.74, 6) is -1.59. The van der Waals surface area contributed by atoms with Gasteiger partial charge < -0.3 is 14.8 Å². The lowest BCUT2D eigenvalue weighted by Gasteiger charge is -2.19. The summed E-state index contributed by atoms with van der Waals surface area (Å²) in [6.45, 7) is 0. The Balaban J connectivity index is 1.86. The van der Waals surface area contributed by atoms with Crippen LogP contribution in [0.1, 0.15) is 36.2 Å². The van der Waals surface area contributed by atoms with Crippen molar-refractivity contribution in [3.05, 3.63) is 30.0 Å². The van der Waals surface area contributed by atoms with Gasteiger partial charge in [-0.05, 0) is 37.1 Å². The average molecular weight is 298 g/mol. The molecule has 2 aromatic rings. The first kappa shape index (κ1) is 14.1. The number of aromatic carboxylic acids is 1. The van der Waals surface area contributed by atoms with Crippen LogP contribution in [-0.2, 0) is 4.79 Å². The molecule has 0 spiro atoms. The fourth-order valence-corrected chi connectivity index (χ4v) is 2.85. The van der Waals surface area contributed by atoms with Gasteiger partial charge in [0.2, 0.25) is 11.7 Å². The Morgan fingerprint density at radius 2 is 2.00 bits per heavy atom. The van der Waals surface area contributed by atoms with E-state index < -0.39 is 11.4 Å². The molecule has 0 saturated heterocycles. The molecule has 1 fully saturated rings. The van der Waals surface area contributed by atoms with Crippen molar-refractivity contribution in [2.75, 3.05) is 5.32 Å². The maximum atomic E-state index is 12.4. The van der Waals surface area contributed by atoms with Gasteiger partial charge in [-0.25, -0.2) is 4.79 Å². The number of carboxylic acids is 1. The molecular formula is C16H14N2O4. The second-order valence-corrected chi connectivity index (χ2v) is 5.52. The molecule has 112 valence electrons. The number of carboxylic acid groups (broad SMARTS) is 1. The molecule has 2 N–H and O–H groups in total. The minimum absolute atomic E-state index is 0.150. The van der Waals surface area contributed by atoms with Gasteiger partial charge >= 0.3 is 5.97 Å². The molecule has 0 bridgehead atoms. The molecule has 1 heterocycles. The summed E-state index contributed by atoms with van der Waals surface area (Å²) < 4.78 is 5.17. The van der Waals surface area contributed by atoms with Crippen molar-refractivity contribution in [1.82, 2.24) is 0 Å². The number of nitrogens with one attached hydrogen (secondary N) is 1. The highest BCUT2D eigenvalue weighted by Crippen LogP contribution is 2.38. The molecule has 1 amide bonds. The SMILES string of the molecule is N#CC1(C(=O)Nc2ccc3oc(C(=O)O)cc3c2)CCCC1. The molecule has 0 radical (unpaired) electrons. The summed E-state index contributed by atoms with van der Waals surface area (Å²) in [7, 11) is 0. The first-order chi connectivity index (χ1) is 10.5. The Morgan fingerprint density at radius 1 is 1.27 bits per heavy atom. The number of nitrogens with zero attached hydrogens (tertiary/aromatic N) is 1. The van der Waals surface area contributed by atoms with Gasteiger partial charge in [-0.3, -0.25) is 4.79 Å². The third-order valence-corrected chi connectivity index (χ3v) is 4.09. The van der Waals surface area contributed by atoms with E-state index in [2.05, 4.69) is 11.4 Å². The van der Waals surface area contributed by atoms with E-state index in [0.29, 0.717) is 29.5 Å². The van der Waals surface area contributed by atoms with E-state index in [1.807, 2.05) is 0 Å². The van der Waals surface area contributed by atoms with Crippen molar-refractivity contribution in [3.8, 4) is 6.07 Å². The van der Waals surface area contributed by atoms with Crippen LogP contribution in [0.15, 0.2) is 28.7 Å². The van der Waals surface area contributed by atoms with Crippen LogP contribution in [0.4, 0.5) is 5.69 Å². The van der Waals surface area contributed by atoms with E-state index in [0.717, 1.165) is 12.8 Å². The predicted molar refractivity (Wildman–Crippen MR) is 78.3 cm³/mol. The molecule has 1 aromatic heterocycles. The quantitative estimate of drug-likeness (QED) is 0.905. The van der Waals surface area contributed by atoms with Crippen LogP contribution in [0, 0.1) is 16.7 Å². The van der Waals surface area contributed by atoms with Gasteiger partial charge in [-0.15, -0.1) is 0 Å². The summed E-state index contributed by atoms with van der Waals surface area (Å²) in [4.78, 5) is 23.3. The number of amides is 1. The number of carbonyl (C=O) groups excluding carboxylic acids is 1. The van der Waals surface area contributed by atoms with Gasteiger partial charge in [0.1, 0.15) is 11.0 Å². The highest BCUT2D eigenvalue weighted by atomic mass is 16.4. The highest BCUT2D eigenvalue weighted by molar-refractivity contribution is 5.99. The Hall–Kier alpha value is -2.81. The number of benzene rings is 1. The van der Waals surface area contributed by atoms with Crippen molar-refractivity contribution < 1.29 is 19.1 Å². The largest absolute Gasteiger partial charge is 0.475 e. The minimum atomic E-state index is -1.14. The van der Waals surface area contributed by atoms with Crippen LogP contribution in [0.2, 0.25) is 0 Å². The van der Waals surface area contributed by atoms with Gasteiger partial charge in [-0.1, -0.05) is 12.8 Å². The summed E-state index contributed by atoms with van der Waals surface area (Å²) in [5, 5.41) is 21.6. The predicted octanol–water partition coefficient (Wildman–Crippen LogP) is 3.15. The van der Waals surface area contributed by atoms with Crippen LogP contribution in [0.3, 0.4) is 0 Å². The van der Waals surface area contributed by atoms with Crippen molar-refractivity contribution in [3.63, 3.8) is 0 Å². The van der Waals surface area contributed by atoms with Crippen LogP contribution in [0.25, 0.3) is 11.0 Å². The van der Waals surface area contributed by atoms with E-state index >= 15 is 0 Å². The van der Waals surface area contributed by atoms with E-state index in [9.17, 15) is 14.9 Å². The molecule has 0 atom stereocenters. The van der Waals surface area contributed by atoms with E-state index in [1.54, 1.807) is 18.2 Å². The van der Waals surface area contributed by atoms with Gasteiger partial charge in [0.15, 0.2) is 0 Å². The number of rotatable bonds is 3. The molecule has 1 aliphatic rings. The number of nitriles is 1. The van der Waals surface area contributed by atoms with Crippen molar-refractivity contribution in [2.24, 2.45) is 5.41 Å². The second kappa shape index (κ2) is 5.19. The van der Waals surface area contributed by atoms with Crippen LogP contribution < -0.4 is 5.32 Å². The zero-order valence-electron chi connectivity index (χ0n) is 11.8. The summed E-state index contributed by atoms with van der Waals surface area (Å²) >= 11 is 0. The maximum absolute atomic E-state index is 12.4. The van der Waals surface area contributed by atoms with E-state index in [1.165, 1.54) is 6.07 Å². The van der Waals surface area contributed by atoms with Crippen LogP contribution in [0.5, 0.6) is 0 Å². The monoisotopic (exact) mass is 298 g/mol. The van der Waals surface area contributed by atoms with Gasteiger partial charge in [0.25, 0.3) is 0 Å². The van der Waals surface area contributed by atoms with Crippen molar-refractivity contribution >= 4 is 28.5 Å². The lowest BCUT2D eigenvalue weighted by molar-refractivity contribution is -0.122. The summed E-state index contributed by atoms with van der Waals surface area (Å²) in [6, 6.07) is 8.43. The topological polar surface area (TPSA) is 103 Å². The number of hydrogen-bond donors (Lipinski definition) is 2. The smallest absolute Gasteiger partial charge is 0.371 e. The molecule has 1 aromatic carbocycles. The molecule has 1 aliphatic carbocycles. The first-order valence-electron chi connectivity index (χ1n) is 7.04. The molecule has 1 saturated carbocycles. The lowest BCUT2D eigenvalue weighted by atomic mass is 9.87. The van der Waals surface area contributed by atoms with Gasteiger partial charge in [0.05, 0.1) is 6.07 Å². The number of anilines is 1. The molecular weight excluding hydrogens is 284 g/mol. The standard InChI is InChI=1S/C16H14N2O4/c17-9-16(5-1-2-6-16)15(21)18-11-3-4-12-10(7-11)8-13(22-12)14(19)20/h3-4,7-8H,1-2,5-6H2,(H,18,21)(H,19,20). The Kier molecular flexibility index (Phi) is 3.33. The molecule has 0 unspecified atom stereocenters. The normalized spacial score (nSPS) is 16.3. The molecule has 6 nitrogen and oxygen atoms in total. The third-order valence-electron chi connectivity index (χ3n) is 4.09. The highest BCUT2D eigenvalue weighted by Gasteiger charge is 2.41. The molecule has 3 rings (SSSR count). The zero-order valence-corrected chi connectivity index (χ0v) is 11.8. The third kappa shape index (κ3) is 2.31. The van der Waals surface area contributed by atoms with E-state index in [-0.39, 0.29) is 11.7 Å². The van der Waals surface area contributed by atoms with Crippen molar-refractivity contribution in [2.45, 2.75) is 25.7 Å². The number of fused-ring (bicyclic) bond motifs is 1. The molecule has 22 heavy (non-hydrogen) atoms. The first-order valence-corrected chi connectivity index (χ1v) is 7.04. The zero-order chi connectivity index (χ0) is 15.7. The second-order valence-electron chi connectivity index (χ2n) is 5.52. The molecule has 0 aliphatic heterocycles. The Bertz CT molecular complexity index is 794. The van der Waals surface area contributed by atoms with Crippen molar-refractivity contribution in [1.29, 1.82) is 5.26 Å². The fraction of sp³-hybridized carbons (Fsp3) is 0.312. The minimum Gasteiger partial charge on any atom is -0.475 e. The summed E-state index contributed by atoms with van der Waals surface area (Å²) in [6.07, 6.45) is 2.91. The van der Waals surface area contributed by atoms with E-state index in [4.69, 9.17) is 9.52 Å². The Labute approximate surface area is 126 Å². The maximum Gasteiger partial charge on any atom is 0.371 e. The number of furan rings is 1. The van der Waals surface area contributed by atoms with Gasteiger partial charge in [0, 0.05) is 11.1 Å². The lowest BCUT2D eigenvalue weighted by Crippen LogP contribution is -2.32. The Morgan fingerprint density at radius 3 is 2.64 bits per heavy atom. The average Bonchev–Trinajstić information content (AvgIpc) is 3.14. The molecule has 6 heteroatoms. The fourth-order valence-electron chi connectivity index (χ4n) is 2.85. The van der Waals surface area contributed by atoms with Crippen LogP contribution >= 0.6 is 0 Å². The number of hydrogen-bond acceptors (Lipinski definition) is 4. The summed E-state index contributed by atoms with van der Waals surface area (Å²) in [5.41, 5.74) is 0.0143. The van der Waals surface area contributed by atoms with Crippen LogP contribution in [-0.4, -0.2) is 17.0 Å². The van der Waals surface area contributed by atoms with Gasteiger partial charge in [-0.2, -0.15) is 5.26 Å².